The molecule has 0 aliphatic heterocycles. The molecule has 25 heavy (non-hydrogen) atoms. The summed E-state index contributed by atoms with van der Waals surface area (Å²) in [7, 11) is -1.67. The summed E-state index contributed by atoms with van der Waals surface area (Å²) in [6, 6.07) is 18.4. The molecule has 0 radical (unpaired) electrons. The van der Waals surface area contributed by atoms with Gasteiger partial charge in [0.05, 0.1) is 4.90 Å². The summed E-state index contributed by atoms with van der Waals surface area (Å²) in [6.07, 6.45) is 1.14. The first-order valence-electron chi connectivity index (χ1n) is 7.85. The highest BCUT2D eigenvalue weighted by Gasteiger charge is 2.18. The minimum atomic E-state index is -3.37. The number of aryl methyl sites for hydroxylation is 1. The molecule has 0 aromatic heterocycles. The van der Waals surface area contributed by atoms with E-state index in [-0.39, 0.29) is 10.8 Å². The Morgan fingerprint density at radius 3 is 2.28 bits per heavy atom. The molecule has 5 heteroatoms. The van der Waals surface area contributed by atoms with Crippen LogP contribution in [0.5, 0.6) is 0 Å². The fourth-order valence-electron chi connectivity index (χ4n) is 2.75. The van der Waals surface area contributed by atoms with Crippen molar-refractivity contribution in [1.82, 2.24) is 0 Å². The number of carbonyl (C=O) groups excluding carboxylic acids is 1. The second kappa shape index (κ2) is 6.33. The maximum absolute atomic E-state index is 12.9. The lowest BCUT2D eigenvalue weighted by Crippen LogP contribution is -2.27. The molecule has 0 aliphatic carbocycles. The summed E-state index contributed by atoms with van der Waals surface area (Å²) in [6.45, 7) is 1.80. The second-order valence-electron chi connectivity index (χ2n) is 6.14. The van der Waals surface area contributed by atoms with Crippen molar-refractivity contribution in [3.05, 3.63) is 71.8 Å². The number of sulfone groups is 1. The van der Waals surface area contributed by atoms with Gasteiger partial charge in [-0.1, -0.05) is 36.4 Å². The van der Waals surface area contributed by atoms with Crippen LogP contribution >= 0.6 is 0 Å². The normalized spacial score (nSPS) is 11.5. The summed E-state index contributed by atoms with van der Waals surface area (Å²) in [5.74, 6) is -0.238. The summed E-state index contributed by atoms with van der Waals surface area (Å²) in [5.41, 5.74) is 1.89. The number of hydrogen-bond donors (Lipinski definition) is 0. The monoisotopic (exact) mass is 353 g/mol. The van der Waals surface area contributed by atoms with Crippen LogP contribution in [0.1, 0.15) is 15.9 Å². The zero-order chi connectivity index (χ0) is 18.2. The van der Waals surface area contributed by atoms with E-state index in [9.17, 15) is 13.2 Å². The Morgan fingerprint density at radius 2 is 1.60 bits per heavy atom. The minimum Gasteiger partial charge on any atom is -0.311 e. The van der Waals surface area contributed by atoms with E-state index in [1.54, 1.807) is 24.9 Å². The third-order valence-electron chi connectivity index (χ3n) is 4.29. The quantitative estimate of drug-likeness (QED) is 0.719. The first-order valence-corrected chi connectivity index (χ1v) is 9.74. The first-order chi connectivity index (χ1) is 11.8. The van der Waals surface area contributed by atoms with Crippen LogP contribution in [0.2, 0.25) is 0 Å². The van der Waals surface area contributed by atoms with Crippen molar-refractivity contribution < 1.29 is 13.2 Å². The Labute approximate surface area is 147 Å². The SMILES string of the molecule is Cc1ccc(S(C)(=O)=O)cc1C(=O)N(C)c1ccc2ccccc2c1. The van der Waals surface area contributed by atoms with E-state index in [1.807, 2.05) is 42.5 Å². The zero-order valence-electron chi connectivity index (χ0n) is 14.4. The van der Waals surface area contributed by atoms with Crippen molar-refractivity contribution in [1.29, 1.82) is 0 Å². The van der Waals surface area contributed by atoms with E-state index < -0.39 is 9.84 Å². The third-order valence-corrected chi connectivity index (χ3v) is 5.40. The van der Waals surface area contributed by atoms with Gasteiger partial charge < -0.3 is 4.90 Å². The molecule has 0 atom stereocenters. The Balaban J connectivity index is 2.02. The van der Waals surface area contributed by atoms with E-state index in [4.69, 9.17) is 0 Å². The molecule has 0 aliphatic rings. The molecule has 1 amide bonds. The maximum atomic E-state index is 12.9. The van der Waals surface area contributed by atoms with Crippen molar-refractivity contribution >= 4 is 32.2 Å². The fraction of sp³-hybridized carbons (Fsp3) is 0.150. The zero-order valence-corrected chi connectivity index (χ0v) is 15.2. The molecule has 0 saturated carbocycles. The Bertz CT molecular complexity index is 1070. The van der Waals surface area contributed by atoms with Gasteiger partial charge in [0.15, 0.2) is 9.84 Å². The molecule has 0 saturated heterocycles. The molecule has 3 aromatic carbocycles. The number of amides is 1. The topological polar surface area (TPSA) is 54.5 Å². The molecule has 3 rings (SSSR count). The minimum absolute atomic E-state index is 0.147. The van der Waals surface area contributed by atoms with Crippen molar-refractivity contribution in [3.63, 3.8) is 0 Å². The summed E-state index contributed by atoms with van der Waals surface area (Å²) in [5, 5.41) is 2.14. The lowest BCUT2D eigenvalue weighted by atomic mass is 10.1. The number of rotatable bonds is 3. The molecule has 0 bridgehead atoms. The number of benzene rings is 3. The third kappa shape index (κ3) is 3.42. The lowest BCUT2D eigenvalue weighted by Gasteiger charge is -2.19. The number of carbonyl (C=O) groups is 1. The van der Waals surface area contributed by atoms with Crippen LogP contribution in [0.15, 0.2) is 65.6 Å². The smallest absolute Gasteiger partial charge is 0.258 e. The Kier molecular flexibility index (Phi) is 4.35. The number of anilines is 1. The first kappa shape index (κ1) is 17.2. The van der Waals surface area contributed by atoms with Gasteiger partial charge in [0.2, 0.25) is 0 Å². The van der Waals surface area contributed by atoms with Crippen molar-refractivity contribution in [2.24, 2.45) is 0 Å². The van der Waals surface area contributed by atoms with E-state index in [1.165, 1.54) is 12.1 Å². The maximum Gasteiger partial charge on any atom is 0.258 e. The summed E-state index contributed by atoms with van der Waals surface area (Å²) >= 11 is 0. The molecule has 4 nitrogen and oxygen atoms in total. The van der Waals surface area contributed by atoms with Gasteiger partial charge >= 0.3 is 0 Å². The highest BCUT2D eigenvalue weighted by molar-refractivity contribution is 7.90. The summed E-state index contributed by atoms with van der Waals surface area (Å²) < 4.78 is 23.6. The molecule has 0 N–H and O–H groups in total. The molecular weight excluding hydrogens is 334 g/mol. The summed E-state index contributed by atoms with van der Waals surface area (Å²) in [4.78, 5) is 14.6. The number of nitrogens with zero attached hydrogens (tertiary/aromatic N) is 1. The van der Waals surface area contributed by atoms with Crippen LogP contribution in [0.3, 0.4) is 0 Å². The van der Waals surface area contributed by atoms with Gasteiger partial charge in [0.1, 0.15) is 0 Å². The fourth-order valence-corrected chi connectivity index (χ4v) is 3.39. The number of hydrogen-bond acceptors (Lipinski definition) is 3. The van der Waals surface area contributed by atoms with Gasteiger partial charge in [-0.05, 0) is 47.5 Å². The van der Waals surface area contributed by atoms with Gasteiger partial charge in [-0.3, -0.25) is 4.79 Å². The largest absolute Gasteiger partial charge is 0.311 e. The van der Waals surface area contributed by atoms with E-state index >= 15 is 0 Å². The van der Waals surface area contributed by atoms with Crippen molar-refractivity contribution in [2.45, 2.75) is 11.8 Å². The van der Waals surface area contributed by atoms with Crippen LogP contribution in [-0.4, -0.2) is 27.6 Å². The predicted molar refractivity (Wildman–Crippen MR) is 101 cm³/mol. The van der Waals surface area contributed by atoms with Crippen molar-refractivity contribution in [2.75, 3.05) is 18.2 Å². The Morgan fingerprint density at radius 1 is 0.920 bits per heavy atom. The highest BCUT2D eigenvalue weighted by atomic mass is 32.2. The average molecular weight is 353 g/mol. The molecule has 0 heterocycles. The molecule has 0 unspecified atom stereocenters. The average Bonchev–Trinajstić information content (AvgIpc) is 2.59. The Hall–Kier alpha value is -2.66. The van der Waals surface area contributed by atoms with E-state index in [0.717, 1.165) is 28.3 Å². The van der Waals surface area contributed by atoms with E-state index in [0.29, 0.717) is 5.56 Å². The van der Waals surface area contributed by atoms with Gasteiger partial charge in [-0.2, -0.15) is 0 Å². The van der Waals surface area contributed by atoms with Gasteiger partial charge in [0, 0.05) is 24.6 Å². The molecule has 3 aromatic rings. The van der Waals surface area contributed by atoms with Gasteiger partial charge in [-0.15, -0.1) is 0 Å². The second-order valence-corrected chi connectivity index (χ2v) is 8.16. The van der Waals surface area contributed by atoms with E-state index in [2.05, 4.69) is 0 Å². The van der Waals surface area contributed by atoms with Gasteiger partial charge in [-0.25, -0.2) is 8.42 Å². The van der Waals surface area contributed by atoms with Crippen molar-refractivity contribution in [3.8, 4) is 0 Å². The number of fused-ring (bicyclic) bond motifs is 1. The molecule has 128 valence electrons. The van der Waals surface area contributed by atoms with Gasteiger partial charge in [0.25, 0.3) is 5.91 Å². The standard InChI is InChI=1S/C20H19NO3S/c1-14-8-11-18(25(3,23)24)13-19(14)20(22)21(2)17-10-9-15-6-4-5-7-16(15)12-17/h4-13H,1-3H3. The molecule has 0 fully saturated rings. The van der Waals surface area contributed by atoms with Crippen LogP contribution < -0.4 is 4.90 Å². The van der Waals surface area contributed by atoms with Crippen LogP contribution in [0.25, 0.3) is 10.8 Å². The van der Waals surface area contributed by atoms with Crippen LogP contribution in [0, 0.1) is 6.92 Å². The predicted octanol–water partition coefficient (Wildman–Crippen LogP) is 3.83. The van der Waals surface area contributed by atoms with Crippen LogP contribution in [-0.2, 0) is 9.84 Å². The molecular formula is C20H19NO3S. The van der Waals surface area contributed by atoms with Crippen LogP contribution in [0.4, 0.5) is 5.69 Å². The highest BCUT2D eigenvalue weighted by Crippen LogP contribution is 2.24. The lowest BCUT2D eigenvalue weighted by molar-refractivity contribution is 0.0992. The molecule has 0 spiro atoms.